The maximum absolute atomic E-state index is 11.8. The van der Waals surface area contributed by atoms with Gasteiger partial charge in [-0.05, 0) is 24.3 Å². The summed E-state index contributed by atoms with van der Waals surface area (Å²) >= 11 is 5.68. The number of hydrogen-bond acceptors (Lipinski definition) is 3. The summed E-state index contributed by atoms with van der Waals surface area (Å²) in [5.41, 5.74) is 0. The Morgan fingerprint density at radius 2 is 1.94 bits per heavy atom. The van der Waals surface area contributed by atoms with Gasteiger partial charge in [-0.1, -0.05) is 17.5 Å². The molecule has 0 aliphatic heterocycles. The van der Waals surface area contributed by atoms with E-state index in [0.29, 0.717) is 18.1 Å². The Hall–Kier alpha value is -1.02. The van der Waals surface area contributed by atoms with Gasteiger partial charge >= 0.3 is 0 Å². The summed E-state index contributed by atoms with van der Waals surface area (Å²) in [5, 5.41) is 3.35. The molecule has 86 valence electrons. The summed E-state index contributed by atoms with van der Waals surface area (Å²) in [6.07, 6.45) is 5.03. The minimum atomic E-state index is -3.25. The van der Waals surface area contributed by atoms with Crippen molar-refractivity contribution in [1.82, 2.24) is 5.32 Å². The van der Waals surface area contributed by atoms with Crippen molar-refractivity contribution in [2.24, 2.45) is 0 Å². The van der Waals surface area contributed by atoms with Gasteiger partial charge in [-0.2, -0.15) is 0 Å². The van der Waals surface area contributed by atoms with Crippen molar-refractivity contribution in [2.45, 2.75) is 4.90 Å². The van der Waals surface area contributed by atoms with Crippen LogP contribution in [0.25, 0.3) is 0 Å². The van der Waals surface area contributed by atoms with Crippen LogP contribution in [-0.2, 0) is 9.84 Å². The van der Waals surface area contributed by atoms with Crippen molar-refractivity contribution in [3.63, 3.8) is 0 Å². The molecule has 1 N–H and O–H groups in total. The molecule has 16 heavy (non-hydrogen) atoms. The number of terminal acetylenes is 1. The zero-order valence-electron chi connectivity index (χ0n) is 8.61. The summed E-state index contributed by atoms with van der Waals surface area (Å²) in [7, 11) is -3.25. The Morgan fingerprint density at radius 3 is 2.50 bits per heavy atom. The molecular formula is C11H12ClNO2S. The lowest BCUT2D eigenvalue weighted by Gasteiger charge is -2.04. The van der Waals surface area contributed by atoms with Crippen molar-refractivity contribution in [3.8, 4) is 12.3 Å². The molecule has 0 heterocycles. The number of sulfone groups is 1. The van der Waals surface area contributed by atoms with Gasteiger partial charge in [-0.25, -0.2) is 8.42 Å². The lowest BCUT2D eigenvalue weighted by atomic mass is 10.4. The van der Waals surface area contributed by atoms with E-state index in [-0.39, 0.29) is 10.6 Å². The van der Waals surface area contributed by atoms with E-state index in [1.165, 1.54) is 12.1 Å². The van der Waals surface area contributed by atoms with Gasteiger partial charge in [-0.3, -0.25) is 0 Å². The second kappa shape index (κ2) is 5.90. The van der Waals surface area contributed by atoms with Crippen LogP contribution >= 0.6 is 11.6 Å². The van der Waals surface area contributed by atoms with Crippen molar-refractivity contribution < 1.29 is 8.42 Å². The van der Waals surface area contributed by atoms with Crippen LogP contribution in [-0.4, -0.2) is 27.3 Å². The predicted octanol–water partition coefficient (Wildman–Crippen LogP) is 1.34. The summed E-state index contributed by atoms with van der Waals surface area (Å²) in [6.45, 7) is 0.714. The third-order valence-electron chi connectivity index (χ3n) is 1.95. The average molecular weight is 258 g/mol. The Labute approximate surface area is 101 Å². The number of benzene rings is 1. The molecule has 0 atom stereocenters. The van der Waals surface area contributed by atoms with Crippen LogP contribution in [0.1, 0.15) is 0 Å². The molecule has 0 bridgehead atoms. The second-order valence-corrected chi connectivity index (χ2v) is 5.70. The fourth-order valence-corrected chi connectivity index (χ4v) is 2.45. The fourth-order valence-electron chi connectivity index (χ4n) is 1.13. The van der Waals surface area contributed by atoms with Crippen LogP contribution in [0.3, 0.4) is 0 Å². The minimum Gasteiger partial charge on any atom is -0.305 e. The smallest absolute Gasteiger partial charge is 0.179 e. The molecule has 1 aromatic rings. The lowest BCUT2D eigenvalue weighted by Crippen LogP contribution is -2.23. The van der Waals surface area contributed by atoms with Crippen molar-refractivity contribution in [1.29, 1.82) is 0 Å². The van der Waals surface area contributed by atoms with Gasteiger partial charge in [0.1, 0.15) is 0 Å². The van der Waals surface area contributed by atoms with E-state index in [9.17, 15) is 8.42 Å². The lowest BCUT2D eigenvalue weighted by molar-refractivity contribution is 0.593. The first-order valence-electron chi connectivity index (χ1n) is 4.69. The molecule has 0 spiro atoms. The maximum Gasteiger partial charge on any atom is 0.179 e. The van der Waals surface area contributed by atoms with Crippen LogP contribution in [0, 0.1) is 12.3 Å². The Morgan fingerprint density at radius 1 is 1.31 bits per heavy atom. The highest BCUT2D eigenvalue weighted by Gasteiger charge is 2.13. The quantitative estimate of drug-likeness (QED) is 0.640. The zero-order valence-corrected chi connectivity index (χ0v) is 10.2. The number of rotatable bonds is 5. The zero-order chi connectivity index (χ0) is 12.0. The summed E-state index contributed by atoms with van der Waals surface area (Å²) < 4.78 is 23.5. The molecule has 1 rings (SSSR count). The molecule has 5 heteroatoms. The molecule has 0 amide bonds. The largest absolute Gasteiger partial charge is 0.305 e. The summed E-state index contributed by atoms with van der Waals surface area (Å²) in [5.74, 6) is 2.40. The normalized spacial score (nSPS) is 11.0. The van der Waals surface area contributed by atoms with Crippen molar-refractivity contribution >= 4 is 21.4 Å². The van der Waals surface area contributed by atoms with Gasteiger partial charge in [0.2, 0.25) is 0 Å². The highest BCUT2D eigenvalue weighted by atomic mass is 35.5. The van der Waals surface area contributed by atoms with Gasteiger partial charge in [0.15, 0.2) is 9.84 Å². The first kappa shape index (κ1) is 13.0. The van der Waals surface area contributed by atoms with Gasteiger partial charge in [0.25, 0.3) is 0 Å². The van der Waals surface area contributed by atoms with E-state index in [2.05, 4.69) is 11.2 Å². The van der Waals surface area contributed by atoms with Crippen LogP contribution in [0.4, 0.5) is 0 Å². The molecule has 1 aromatic carbocycles. The predicted molar refractivity (Wildman–Crippen MR) is 65.2 cm³/mol. The number of halogens is 1. The monoisotopic (exact) mass is 257 g/mol. The molecule has 0 radical (unpaired) electrons. The third kappa shape index (κ3) is 3.86. The second-order valence-electron chi connectivity index (χ2n) is 3.15. The van der Waals surface area contributed by atoms with E-state index in [0.717, 1.165) is 0 Å². The molecule has 0 aliphatic carbocycles. The third-order valence-corrected chi connectivity index (χ3v) is 3.93. The number of hydrogen-bond donors (Lipinski definition) is 1. The van der Waals surface area contributed by atoms with Crippen molar-refractivity contribution in [3.05, 3.63) is 29.3 Å². The summed E-state index contributed by atoms with van der Waals surface area (Å²) in [6, 6.07) is 6.12. The molecule has 0 aromatic heterocycles. The highest BCUT2D eigenvalue weighted by molar-refractivity contribution is 7.91. The molecular weight excluding hydrogens is 246 g/mol. The van der Waals surface area contributed by atoms with Crippen LogP contribution < -0.4 is 5.32 Å². The molecule has 0 aliphatic rings. The molecule has 0 saturated heterocycles. The summed E-state index contributed by atoms with van der Waals surface area (Å²) in [4.78, 5) is 0.277. The Bertz CT molecular complexity index is 474. The Balaban J connectivity index is 2.64. The highest BCUT2D eigenvalue weighted by Crippen LogP contribution is 2.14. The fraction of sp³-hybridized carbons (Fsp3) is 0.273. The van der Waals surface area contributed by atoms with E-state index >= 15 is 0 Å². The van der Waals surface area contributed by atoms with E-state index < -0.39 is 9.84 Å². The van der Waals surface area contributed by atoms with Crippen molar-refractivity contribution in [2.75, 3.05) is 18.8 Å². The van der Waals surface area contributed by atoms with Crippen LogP contribution in [0.15, 0.2) is 29.2 Å². The average Bonchev–Trinajstić information content (AvgIpc) is 2.25. The first-order valence-corrected chi connectivity index (χ1v) is 6.72. The van der Waals surface area contributed by atoms with Gasteiger partial charge in [-0.15, -0.1) is 6.42 Å². The van der Waals surface area contributed by atoms with E-state index in [4.69, 9.17) is 18.0 Å². The topological polar surface area (TPSA) is 46.2 Å². The molecule has 3 nitrogen and oxygen atoms in total. The number of nitrogens with one attached hydrogen (secondary N) is 1. The standard InChI is InChI=1S/C11H12ClNO2S/c1-2-7-13-8-9-16(14,15)11-5-3-10(12)4-6-11/h1,3-6,13H,7-9H2. The maximum atomic E-state index is 11.8. The van der Waals surface area contributed by atoms with Gasteiger partial charge < -0.3 is 5.32 Å². The molecule has 0 fully saturated rings. The van der Waals surface area contributed by atoms with Gasteiger partial charge in [0, 0.05) is 11.6 Å². The van der Waals surface area contributed by atoms with E-state index in [1.807, 2.05) is 0 Å². The van der Waals surface area contributed by atoms with Crippen LogP contribution in [0.5, 0.6) is 0 Å². The Kier molecular flexibility index (Phi) is 4.81. The van der Waals surface area contributed by atoms with Gasteiger partial charge in [0.05, 0.1) is 17.2 Å². The van der Waals surface area contributed by atoms with Crippen LogP contribution in [0.2, 0.25) is 5.02 Å². The minimum absolute atomic E-state index is 0.0241. The first-order chi connectivity index (χ1) is 7.56. The molecule has 0 unspecified atom stereocenters. The van der Waals surface area contributed by atoms with E-state index in [1.54, 1.807) is 12.1 Å². The molecule has 0 saturated carbocycles. The SMILES string of the molecule is C#CCNCCS(=O)(=O)c1ccc(Cl)cc1.